The molecule has 1 aliphatic rings. The minimum absolute atomic E-state index is 0.161. The Bertz CT molecular complexity index is 3520. The maximum absolute atomic E-state index is 2.45. The van der Waals surface area contributed by atoms with Crippen LogP contribution in [0, 0.1) is 0 Å². The van der Waals surface area contributed by atoms with Crippen molar-refractivity contribution >= 4 is 49.6 Å². The van der Waals surface area contributed by atoms with Gasteiger partial charge in [-0.1, -0.05) is 178 Å². The van der Waals surface area contributed by atoms with Gasteiger partial charge in [-0.2, -0.15) is 0 Å². The van der Waals surface area contributed by atoms with E-state index in [1.54, 1.807) is 0 Å². The molecule has 0 saturated carbocycles. The van der Waals surface area contributed by atoms with Crippen molar-refractivity contribution in [1.82, 2.24) is 4.57 Å². The second kappa shape index (κ2) is 14.6. The van der Waals surface area contributed by atoms with Crippen molar-refractivity contribution in [3.8, 4) is 50.2 Å². The minimum Gasteiger partial charge on any atom is -0.310 e. The van der Waals surface area contributed by atoms with Crippen molar-refractivity contribution in [2.24, 2.45) is 0 Å². The van der Waals surface area contributed by atoms with Gasteiger partial charge in [0.1, 0.15) is 0 Å². The molecule has 12 rings (SSSR count). The maximum Gasteiger partial charge on any atom is 0.0541 e. The van der Waals surface area contributed by atoms with E-state index >= 15 is 0 Å². The molecule has 298 valence electrons. The zero-order valence-electron chi connectivity index (χ0n) is 35.3. The molecule has 0 atom stereocenters. The van der Waals surface area contributed by atoms with Crippen LogP contribution in [0.15, 0.2) is 231 Å². The second-order valence-corrected chi connectivity index (χ2v) is 17.3. The molecule has 0 aliphatic heterocycles. The van der Waals surface area contributed by atoms with Gasteiger partial charge in [0.25, 0.3) is 0 Å². The molecule has 0 bridgehead atoms. The lowest BCUT2D eigenvalue weighted by atomic mass is 9.81. The van der Waals surface area contributed by atoms with E-state index in [1.165, 1.54) is 88.2 Å². The first kappa shape index (κ1) is 36.9. The van der Waals surface area contributed by atoms with E-state index in [0.29, 0.717) is 0 Å². The average Bonchev–Trinajstić information content (AvgIpc) is 3.79. The molecule has 63 heavy (non-hydrogen) atoms. The summed E-state index contributed by atoms with van der Waals surface area (Å²) in [6.45, 7) is 4.74. The Balaban J connectivity index is 0.937. The Kier molecular flexibility index (Phi) is 8.55. The predicted octanol–water partition coefficient (Wildman–Crippen LogP) is 16.7. The Hall–Kier alpha value is -7.94. The van der Waals surface area contributed by atoms with Crippen LogP contribution in [0.1, 0.15) is 25.0 Å². The predicted molar refractivity (Wildman–Crippen MR) is 267 cm³/mol. The largest absolute Gasteiger partial charge is 0.310 e. The normalized spacial score (nSPS) is 12.7. The number of rotatable bonds is 7. The molecule has 0 spiro atoms. The van der Waals surface area contributed by atoms with E-state index in [4.69, 9.17) is 0 Å². The van der Waals surface area contributed by atoms with Crippen molar-refractivity contribution in [2.45, 2.75) is 19.3 Å². The number of benzene rings is 10. The van der Waals surface area contributed by atoms with Gasteiger partial charge in [-0.3, -0.25) is 0 Å². The first-order valence-corrected chi connectivity index (χ1v) is 21.9. The molecular weight excluding hydrogens is 761 g/mol. The van der Waals surface area contributed by atoms with Crippen LogP contribution in [0.2, 0.25) is 0 Å². The first-order chi connectivity index (χ1) is 31.0. The first-order valence-electron chi connectivity index (χ1n) is 21.9. The molecule has 0 N–H and O–H groups in total. The van der Waals surface area contributed by atoms with Crippen molar-refractivity contribution in [1.29, 1.82) is 0 Å². The molecule has 1 aliphatic carbocycles. The molecule has 0 saturated heterocycles. The van der Waals surface area contributed by atoms with Gasteiger partial charge in [-0.25, -0.2) is 0 Å². The van der Waals surface area contributed by atoms with Crippen LogP contribution in [0.3, 0.4) is 0 Å². The SMILES string of the molecule is CC1(C)c2cc(-c3ccccc3)ccc2-c2ccc(N(c3ccccc3)c3ccc(-c4ccccc4-n4c5ccccc5c5cc(-c6cccc7ccccc67)ccc54)cc3)cc21. The molecule has 0 radical (unpaired) electrons. The van der Waals surface area contributed by atoms with Crippen LogP contribution >= 0.6 is 0 Å². The summed E-state index contributed by atoms with van der Waals surface area (Å²) in [5, 5.41) is 5.02. The molecule has 0 fully saturated rings. The fourth-order valence-electron chi connectivity index (χ4n) is 10.3. The molecule has 2 heteroatoms. The van der Waals surface area contributed by atoms with Crippen molar-refractivity contribution in [3.05, 3.63) is 242 Å². The molecule has 10 aromatic carbocycles. The fourth-order valence-corrected chi connectivity index (χ4v) is 10.3. The van der Waals surface area contributed by atoms with Crippen LogP contribution in [0.25, 0.3) is 82.8 Å². The average molecular weight is 805 g/mol. The van der Waals surface area contributed by atoms with Gasteiger partial charge in [0, 0.05) is 38.8 Å². The number of hydrogen-bond acceptors (Lipinski definition) is 1. The summed E-state index contributed by atoms with van der Waals surface area (Å²) in [5.41, 5.74) is 19.5. The van der Waals surface area contributed by atoms with E-state index in [0.717, 1.165) is 22.7 Å². The molecule has 2 nitrogen and oxygen atoms in total. The summed E-state index contributed by atoms with van der Waals surface area (Å²) < 4.78 is 2.45. The Morgan fingerprint density at radius 3 is 1.73 bits per heavy atom. The van der Waals surface area contributed by atoms with Crippen LogP contribution < -0.4 is 4.90 Å². The van der Waals surface area contributed by atoms with Gasteiger partial charge < -0.3 is 9.47 Å². The lowest BCUT2D eigenvalue weighted by molar-refractivity contribution is 0.660. The Morgan fingerprint density at radius 2 is 0.905 bits per heavy atom. The van der Waals surface area contributed by atoms with Gasteiger partial charge in [0.05, 0.1) is 16.7 Å². The molecule has 1 heterocycles. The van der Waals surface area contributed by atoms with Crippen LogP contribution in [-0.4, -0.2) is 4.57 Å². The summed E-state index contributed by atoms with van der Waals surface area (Å²) in [6.07, 6.45) is 0. The molecule has 1 aromatic heterocycles. The van der Waals surface area contributed by atoms with E-state index in [1.807, 2.05) is 0 Å². The Morgan fingerprint density at radius 1 is 0.333 bits per heavy atom. The molecule has 0 amide bonds. The standard InChI is InChI=1S/C61H44N2/c1-61(2)56-39-44(41-16-5-3-6-17-41)30-35-52(56)53-36-34-48(40-57(53)61)62(46-20-7-4-8-21-46)47-32-28-43(29-33-47)51-23-11-13-26-58(51)63-59-27-14-12-24-54(59)55-38-45(31-37-60(55)63)50-25-15-19-42-18-9-10-22-49(42)50/h3-40H,1-2H3. The number of hydrogen-bond donors (Lipinski definition) is 0. The number of aromatic nitrogens is 1. The summed E-state index contributed by atoms with van der Waals surface area (Å²) in [5.74, 6) is 0. The van der Waals surface area contributed by atoms with E-state index in [-0.39, 0.29) is 5.41 Å². The maximum atomic E-state index is 2.45. The van der Waals surface area contributed by atoms with Gasteiger partial charge in [-0.15, -0.1) is 0 Å². The summed E-state index contributed by atoms with van der Waals surface area (Å²) in [6, 6.07) is 84.5. The number of para-hydroxylation sites is 3. The summed E-state index contributed by atoms with van der Waals surface area (Å²) in [7, 11) is 0. The topological polar surface area (TPSA) is 8.17 Å². The zero-order chi connectivity index (χ0) is 42.1. The number of nitrogens with zero attached hydrogens (tertiary/aromatic N) is 2. The molecule has 11 aromatic rings. The van der Waals surface area contributed by atoms with Crippen molar-refractivity contribution in [2.75, 3.05) is 4.90 Å². The van der Waals surface area contributed by atoms with E-state index in [9.17, 15) is 0 Å². The third-order valence-corrected chi connectivity index (χ3v) is 13.4. The third kappa shape index (κ3) is 6.02. The van der Waals surface area contributed by atoms with E-state index in [2.05, 4.69) is 254 Å². The Labute approximate surface area is 368 Å². The van der Waals surface area contributed by atoms with Gasteiger partial charge in [-0.05, 0) is 128 Å². The van der Waals surface area contributed by atoms with E-state index < -0.39 is 0 Å². The van der Waals surface area contributed by atoms with Crippen LogP contribution in [0.5, 0.6) is 0 Å². The monoisotopic (exact) mass is 804 g/mol. The zero-order valence-corrected chi connectivity index (χ0v) is 35.3. The highest BCUT2D eigenvalue weighted by molar-refractivity contribution is 6.12. The van der Waals surface area contributed by atoms with Crippen LogP contribution in [-0.2, 0) is 5.41 Å². The fraction of sp³-hybridized carbons (Fsp3) is 0.0492. The highest BCUT2D eigenvalue weighted by Crippen LogP contribution is 2.52. The van der Waals surface area contributed by atoms with Gasteiger partial charge >= 0.3 is 0 Å². The van der Waals surface area contributed by atoms with Gasteiger partial charge in [0.15, 0.2) is 0 Å². The smallest absolute Gasteiger partial charge is 0.0541 e. The molecule has 0 unspecified atom stereocenters. The third-order valence-electron chi connectivity index (χ3n) is 13.4. The lowest BCUT2D eigenvalue weighted by Gasteiger charge is -2.28. The van der Waals surface area contributed by atoms with Crippen molar-refractivity contribution in [3.63, 3.8) is 0 Å². The quantitative estimate of drug-likeness (QED) is 0.156. The van der Waals surface area contributed by atoms with Gasteiger partial charge in [0.2, 0.25) is 0 Å². The van der Waals surface area contributed by atoms with Crippen molar-refractivity contribution < 1.29 is 0 Å². The van der Waals surface area contributed by atoms with Crippen LogP contribution in [0.4, 0.5) is 17.1 Å². The highest BCUT2D eigenvalue weighted by Gasteiger charge is 2.36. The lowest BCUT2D eigenvalue weighted by Crippen LogP contribution is -2.16. The molecular formula is C61H44N2. The summed E-state index contributed by atoms with van der Waals surface area (Å²) in [4.78, 5) is 2.39. The number of fused-ring (bicyclic) bond motifs is 7. The second-order valence-electron chi connectivity index (χ2n) is 17.3. The minimum atomic E-state index is -0.161. The number of anilines is 3. The summed E-state index contributed by atoms with van der Waals surface area (Å²) >= 11 is 0. The highest BCUT2D eigenvalue weighted by atomic mass is 15.1.